The molecule has 20 heavy (non-hydrogen) atoms. The molecule has 1 unspecified atom stereocenters. The maximum Gasteiger partial charge on any atom is 0.103 e. The van der Waals surface area contributed by atoms with E-state index in [1.807, 2.05) is 30.3 Å². The van der Waals surface area contributed by atoms with E-state index in [1.165, 1.54) is 32.1 Å². The minimum absolute atomic E-state index is 0.273. The van der Waals surface area contributed by atoms with Gasteiger partial charge in [-0.3, -0.25) is 0 Å². The summed E-state index contributed by atoms with van der Waals surface area (Å²) < 4.78 is 0. The third-order valence-electron chi connectivity index (χ3n) is 4.72. The summed E-state index contributed by atoms with van der Waals surface area (Å²) in [4.78, 5) is 2.41. The van der Waals surface area contributed by atoms with E-state index in [0.717, 1.165) is 12.1 Å². The first-order chi connectivity index (χ1) is 9.65. The van der Waals surface area contributed by atoms with Gasteiger partial charge in [-0.25, -0.2) is 0 Å². The number of benzene rings is 1. The van der Waals surface area contributed by atoms with E-state index < -0.39 is 5.60 Å². The van der Waals surface area contributed by atoms with Crippen molar-refractivity contribution in [2.75, 3.05) is 20.1 Å². The van der Waals surface area contributed by atoms with Gasteiger partial charge in [-0.2, -0.15) is 0 Å². The largest absolute Gasteiger partial charge is 0.384 e. The van der Waals surface area contributed by atoms with Gasteiger partial charge in [-0.15, -0.1) is 0 Å². The summed E-state index contributed by atoms with van der Waals surface area (Å²) in [5.74, 6) is 0. The second-order valence-corrected chi connectivity index (χ2v) is 6.12. The van der Waals surface area contributed by atoms with Crippen LogP contribution in [0.4, 0.5) is 0 Å². The Morgan fingerprint density at radius 1 is 1.20 bits per heavy atom. The van der Waals surface area contributed by atoms with E-state index in [0.29, 0.717) is 12.5 Å². The third-order valence-corrected chi connectivity index (χ3v) is 4.72. The van der Waals surface area contributed by atoms with E-state index in [9.17, 15) is 5.11 Å². The number of nitrogens with zero attached hydrogens (tertiary/aromatic N) is 1. The summed E-state index contributed by atoms with van der Waals surface area (Å²) in [6.07, 6.45) is 7.34. The molecular formula is C17H28N2O. The van der Waals surface area contributed by atoms with Crippen LogP contribution in [0.15, 0.2) is 30.3 Å². The van der Waals surface area contributed by atoms with Gasteiger partial charge in [-0.05, 0) is 31.9 Å². The molecule has 0 amide bonds. The molecule has 1 aromatic rings. The van der Waals surface area contributed by atoms with Crippen molar-refractivity contribution < 1.29 is 5.11 Å². The zero-order valence-corrected chi connectivity index (χ0v) is 12.6. The Kier molecular flexibility index (Phi) is 5.58. The van der Waals surface area contributed by atoms with Crippen molar-refractivity contribution in [3.8, 4) is 0 Å². The van der Waals surface area contributed by atoms with Gasteiger partial charge < -0.3 is 15.7 Å². The molecule has 0 spiro atoms. The molecule has 0 aromatic heterocycles. The van der Waals surface area contributed by atoms with E-state index in [-0.39, 0.29) is 6.54 Å². The van der Waals surface area contributed by atoms with Crippen LogP contribution in [0, 0.1) is 0 Å². The van der Waals surface area contributed by atoms with Gasteiger partial charge in [0.2, 0.25) is 0 Å². The van der Waals surface area contributed by atoms with E-state index >= 15 is 0 Å². The van der Waals surface area contributed by atoms with Crippen LogP contribution in [-0.4, -0.2) is 36.2 Å². The highest BCUT2D eigenvalue weighted by Crippen LogP contribution is 2.26. The normalized spacial score (nSPS) is 20.0. The second kappa shape index (κ2) is 7.21. The predicted molar refractivity (Wildman–Crippen MR) is 83.5 cm³/mol. The average molecular weight is 276 g/mol. The zero-order valence-electron chi connectivity index (χ0n) is 12.6. The fraction of sp³-hybridized carbons (Fsp3) is 0.647. The topological polar surface area (TPSA) is 49.5 Å². The fourth-order valence-corrected chi connectivity index (χ4v) is 3.18. The Morgan fingerprint density at radius 3 is 2.45 bits per heavy atom. The van der Waals surface area contributed by atoms with Crippen LogP contribution >= 0.6 is 0 Å². The Balaban J connectivity index is 1.93. The quantitative estimate of drug-likeness (QED) is 0.839. The molecule has 1 aromatic carbocycles. The van der Waals surface area contributed by atoms with Crippen molar-refractivity contribution in [2.24, 2.45) is 5.73 Å². The summed E-state index contributed by atoms with van der Waals surface area (Å²) in [7, 11) is 2.18. The number of hydrogen-bond acceptors (Lipinski definition) is 3. The van der Waals surface area contributed by atoms with Crippen molar-refractivity contribution in [2.45, 2.75) is 50.2 Å². The number of rotatable bonds is 6. The minimum Gasteiger partial charge on any atom is -0.384 e. The van der Waals surface area contributed by atoms with Crippen molar-refractivity contribution in [1.29, 1.82) is 0 Å². The maximum atomic E-state index is 10.8. The molecule has 3 nitrogen and oxygen atoms in total. The molecule has 1 atom stereocenters. The number of aliphatic hydroxyl groups is 1. The third kappa shape index (κ3) is 3.81. The van der Waals surface area contributed by atoms with Crippen molar-refractivity contribution in [3.63, 3.8) is 0 Å². The fourth-order valence-electron chi connectivity index (χ4n) is 3.18. The van der Waals surface area contributed by atoms with Crippen LogP contribution in [-0.2, 0) is 5.60 Å². The summed E-state index contributed by atoms with van der Waals surface area (Å²) >= 11 is 0. The molecule has 1 saturated carbocycles. The molecule has 2 rings (SSSR count). The molecule has 1 aliphatic carbocycles. The van der Waals surface area contributed by atoms with Crippen molar-refractivity contribution >= 4 is 0 Å². The van der Waals surface area contributed by atoms with Gasteiger partial charge in [0.15, 0.2) is 0 Å². The van der Waals surface area contributed by atoms with Gasteiger partial charge in [0, 0.05) is 19.1 Å². The average Bonchev–Trinajstić information content (AvgIpc) is 2.54. The molecule has 3 N–H and O–H groups in total. The first-order valence-electron chi connectivity index (χ1n) is 7.84. The molecule has 1 aliphatic rings. The lowest BCUT2D eigenvalue weighted by Gasteiger charge is -2.34. The van der Waals surface area contributed by atoms with Crippen LogP contribution in [0.3, 0.4) is 0 Å². The number of hydrogen-bond donors (Lipinski definition) is 2. The molecule has 0 aliphatic heterocycles. The Labute approximate surface area is 122 Å². The summed E-state index contributed by atoms with van der Waals surface area (Å²) in [6.45, 7) is 1.17. The Hall–Kier alpha value is -0.900. The summed E-state index contributed by atoms with van der Waals surface area (Å²) in [5, 5.41) is 10.8. The van der Waals surface area contributed by atoms with Crippen LogP contribution in [0.1, 0.15) is 44.1 Å². The molecular weight excluding hydrogens is 248 g/mol. The smallest absolute Gasteiger partial charge is 0.103 e. The highest BCUT2D eigenvalue weighted by molar-refractivity contribution is 5.22. The molecule has 0 radical (unpaired) electrons. The maximum absolute atomic E-state index is 10.8. The molecule has 0 heterocycles. The second-order valence-electron chi connectivity index (χ2n) is 6.12. The van der Waals surface area contributed by atoms with E-state index in [1.54, 1.807) is 0 Å². The lowest BCUT2D eigenvalue weighted by atomic mass is 9.89. The molecule has 0 bridgehead atoms. The van der Waals surface area contributed by atoms with E-state index in [2.05, 4.69) is 11.9 Å². The minimum atomic E-state index is -0.899. The SMILES string of the molecule is CN(CCC(O)(CN)c1ccccc1)C1CCCCC1. The van der Waals surface area contributed by atoms with Gasteiger partial charge in [0.05, 0.1) is 0 Å². The van der Waals surface area contributed by atoms with Gasteiger partial charge in [-0.1, -0.05) is 49.6 Å². The Bertz CT molecular complexity index is 389. The Morgan fingerprint density at radius 2 is 1.85 bits per heavy atom. The molecule has 112 valence electrons. The summed E-state index contributed by atoms with van der Waals surface area (Å²) in [5.41, 5.74) is 5.87. The zero-order chi connectivity index (χ0) is 14.4. The van der Waals surface area contributed by atoms with Crippen molar-refractivity contribution in [3.05, 3.63) is 35.9 Å². The highest BCUT2D eigenvalue weighted by atomic mass is 16.3. The van der Waals surface area contributed by atoms with Gasteiger partial charge >= 0.3 is 0 Å². The van der Waals surface area contributed by atoms with Crippen LogP contribution < -0.4 is 5.73 Å². The number of nitrogens with two attached hydrogens (primary N) is 1. The highest BCUT2D eigenvalue weighted by Gasteiger charge is 2.28. The standard InChI is InChI=1S/C17H28N2O/c1-19(16-10-6-3-7-11-16)13-12-17(20,14-18)15-8-4-2-5-9-15/h2,4-5,8-9,16,20H,3,6-7,10-14,18H2,1H3. The summed E-state index contributed by atoms with van der Waals surface area (Å²) in [6, 6.07) is 10.5. The van der Waals surface area contributed by atoms with Crippen LogP contribution in [0.2, 0.25) is 0 Å². The van der Waals surface area contributed by atoms with Crippen LogP contribution in [0.5, 0.6) is 0 Å². The monoisotopic (exact) mass is 276 g/mol. The van der Waals surface area contributed by atoms with E-state index in [4.69, 9.17) is 5.73 Å². The lowest BCUT2D eigenvalue weighted by molar-refractivity contribution is 0.0222. The first-order valence-corrected chi connectivity index (χ1v) is 7.84. The molecule has 1 fully saturated rings. The van der Waals surface area contributed by atoms with Gasteiger partial charge in [0.25, 0.3) is 0 Å². The van der Waals surface area contributed by atoms with Gasteiger partial charge in [0.1, 0.15) is 5.60 Å². The molecule has 3 heteroatoms. The van der Waals surface area contributed by atoms with Crippen LogP contribution in [0.25, 0.3) is 0 Å². The first kappa shape index (κ1) is 15.5. The lowest BCUT2D eigenvalue weighted by Crippen LogP contribution is -2.41. The predicted octanol–water partition coefficient (Wildman–Crippen LogP) is 2.49. The molecule has 0 saturated heterocycles. The van der Waals surface area contributed by atoms with Crippen molar-refractivity contribution in [1.82, 2.24) is 4.90 Å².